The number of ether oxygens (including phenoxy) is 1. The van der Waals surface area contributed by atoms with E-state index in [0.29, 0.717) is 0 Å². The summed E-state index contributed by atoms with van der Waals surface area (Å²) in [6.45, 7) is 4.10. The van der Waals surface area contributed by atoms with Gasteiger partial charge in [0.1, 0.15) is 0 Å². The van der Waals surface area contributed by atoms with Crippen LogP contribution in [-0.4, -0.2) is 17.7 Å². The second-order valence-electron chi connectivity index (χ2n) is 5.34. The maximum atomic E-state index is 5.68. The van der Waals surface area contributed by atoms with Crippen molar-refractivity contribution in [3.63, 3.8) is 0 Å². The lowest BCUT2D eigenvalue weighted by Gasteiger charge is -2.28. The lowest BCUT2D eigenvalue weighted by molar-refractivity contribution is 0.00682. The first-order chi connectivity index (χ1) is 9.05. The molecule has 0 radical (unpaired) electrons. The minimum Gasteiger partial charge on any atom is -0.379 e. The van der Waals surface area contributed by atoms with Gasteiger partial charge in [0, 0.05) is 24.7 Å². The average Bonchev–Trinajstić information content (AvgIpc) is 2.44. The molecule has 19 heavy (non-hydrogen) atoms. The summed E-state index contributed by atoms with van der Waals surface area (Å²) in [5.41, 5.74) is 4.75. The summed E-state index contributed by atoms with van der Waals surface area (Å²) in [5.74, 6) is 5.68. The zero-order valence-electron chi connectivity index (χ0n) is 11.7. The lowest BCUT2D eigenvalue weighted by Crippen LogP contribution is -2.35. The van der Waals surface area contributed by atoms with Gasteiger partial charge in [-0.1, -0.05) is 18.2 Å². The highest BCUT2D eigenvalue weighted by Crippen LogP contribution is 2.27. The quantitative estimate of drug-likeness (QED) is 0.640. The summed E-state index contributed by atoms with van der Waals surface area (Å²) in [6, 6.07) is 10.3. The number of methoxy groups -OCH3 is 1. The van der Waals surface area contributed by atoms with E-state index in [1.54, 1.807) is 13.3 Å². The van der Waals surface area contributed by atoms with Gasteiger partial charge in [0.15, 0.2) is 0 Å². The highest BCUT2D eigenvalue weighted by molar-refractivity contribution is 5.78. The first-order valence-corrected chi connectivity index (χ1v) is 6.42. The fourth-order valence-corrected chi connectivity index (χ4v) is 2.15. The molecule has 2 aromatic rings. The van der Waals surface area contributed by atoms with Gasteiger partial charge in [0.2, 0.25) is 0 Å². The molecule has 0 fully saturated rings. The molecular weight excluding hydrogens is 238 g/mol. The Morgan fingerprint density at radius 1 is 1.37 bits per heavy atom. The van der Waals surface area contributed by atoms with Gasteiger partial charge < -0.3 is 4.74 Å². The monoisotopic (exact) mass is 259 g/mol. The van der Waals surface area contributed by atoms with Crippen molar-refractivity contribution in [2.45, 2.75) is 31.9 Å². The number of rotatable bonds is 5. The molecule has 0 spiro atoms. The molecule has 1 aromatic heterocycles. The van der Waals surface area contributed by atoms with E-state index in [0.717, 1.165) is 22.9 Å². The molecule has 0 saturated carbocycles. The molecule has 1 unspecified atom stereocenters. The molecule has 2 rings (SSSR count). The van der Waals surface area contributed by atoms with Crippen molar-refractivity contribution in [2.75, 3.05) is 7.11 Å². The molecule has 0 bridgehead atoms. The highest BCUT2D eigenvalue weighted by Gasteiger charge is 2.23. The Labute approximate surface area is 113 Å². The number of benzene rings is 1. The topological polar surface area (TPSA) is 60.2 Å². The molecule has 3 N–H and O–H groups in total. The fourth-order valence-electron chi connectivity index (χ4n) is 2.15. The van der Waals surface area contributed by atoms with Crippen molar-refractivity contribution in [3.05, 3.63) is 42.1 Å². The predicted molar refractivity (Wildman–Crippen MR) is 77.5 cm³/mol. The molecule has 0 amide bonds. The fraction of sp³-hybridized carbons (Fsp3) is 0.400. The van der Waals surface area contributed by atoms with Crippen LogP contribution in [0.15, 0.2) is 36.5 Å². The zero-order valence-corrected chi connectivity index (χ0v) is 11.7. The minimum atomic E-state index is -0.226. The zero-order chi connectivity index (χ0) is 13.9. The summed E-state index contributed by atoms with van der Waals surface area (Å²) in [4.78, 5) is 4.38. The van der Waals surface area contributed by atoms with E-state index in [2.05, 4.69) is 48.5 Å². The van der Waals surface area contributed by atoms with Gasteiger partial charge >= 0.3 is 0 Å². The second-order valence-corrected chi connectivity index (χ2v) is 5.34. The van der Waals surface area contributed by atoms with Crippen LogP contribution in [0, 0.1) is 0 Å². The molecule has 1 atom stereocenters. The molecule has 4 nitrogen and oxygen atoms in total. The Morgan fingerprint density at radius 2 is 2.16 bits per heavy atom. The Hall–Kier alpha value is -1.49. The van der Waals surface area contributed by atoms with Crippen LogP contribution >= 0.6 is 0 Å². The molecule has 102 valence electrons. The van der Waals surface area contributed by atoms with Crippen molar-refractivity contribution < 1.29 is 4.74 Å². The van der Waals surface area contributed by atoms with Gasteiger partial charge in [0.05, 0.1) is 11.1 Å². The number of hydrogen-bond donors (Lipinski definition) is 2. The predicted octanol–water partition coefficient (Wildman–Crippen LogP) is 2.55. The third kappa shape index (κ3) is 3.29. The SMILES string of the molecule is COC(C)(C)CC(NN)c1ccc2cccnc2c1. The van der Waals surface area contributed by atoms with Crippen LogP contribution in [0.3, 0.4) is 0 Å². The number of pyridine rings is 1. The minimum absolute atomic E-state index is 0.0429. The van der Waals surface area contributed by atoms with Crippen LogP contribution in [0.25, 0.3) is 10.9 Å². The number of hydrazine groups is 1. The van der Waals surface area contributed by atoms with E-state index in [4.69, 9.17) is 10.6 Å². The summed E-state index contributed by atoms with van der Waals surface area (Å²) >= 11 is 0. The van der Waals surface area contributed by atoms with Gasteiger partial charge in [-0.25, -0.2) is 0 Å². The maximum absolute atomic E-state index is 5.68. The van der Waals surface area contributed by atoms with Crippen LogP contribution in [0.2, 0.25) is 0 Å². The lowest BCUT2D eigenvalue weighted by atomic mass is 9.93. The molecule has 0 aliphatic carbocycles. The van der Waals surface area contributed by atoms with Crippen molar-refractivity contribution >= 4 is 10.9 Å². The van der Waals surface area contributed by atoms with Crippen molar-refractivity contribution in [2.24, 2.45) is 5.84 Å². The van der Waals surface area contributed by atoms with E-state index in [1.807, 2.05) is 6.07 Å². The van der Waals surface area contributed by atoms with Crippen molar-refractivity contribution in [3.8, 4) is 0 Å². The Bertz CT molecular complexity index is 554. The Kier molecular flexibility index (Phi) is 4.14. The standard InChI is InChI=1S/C15H21N3O/c1-15(2,19-3)10-14(18-16)12-7-6-11-5-4-8-17-13(11)9-12/h4-9,14,18H,10,16H2,1-3H3. The molecule has 0 aliphatic rings. The number of nitrogens with one attached hydrogen (secondary N) is 1. The van der Waals surface area contributed by atoms with E-state index >= 15 is 0 Å². The van der Waals surface area contributed by atoms with Crippen LogP contribution in [0.1, 0.15) is 31.9 Å². The van der Waals surface area contributed by atoms with Crippen LogP contribution in [0.5, 0.6) is 0 Å². The molecular formula is C15H21N3O. The highest BCUT2D eigenvalue weighted by atomic mass is 16.5. The number of fused-ring (bicyclic) bond motifs is 1. The Morgan fingerprint density at radius 3 is 2.84 bits per heavy atom. The summed E-state index contributed by atoms with van der Waals surface area (Å²) in [5, 5.41) is 1.13. The smallest absolute Gasteiger partial charge is 0.0705 e. The second kappa shape index (κ2) is 5.65. The van der Waals surface area contributed by atoms with Crippen molar-refractivity contribution in [1.29, 1.82) is 0 Å². The summed E-state index contributed by atoms with van der Waals surface area (Å²) < 4.78 is 5.47. The largest absolute Gasteiger partial charge is 0.379 e. The summed E-state index contributed by atoms with van der Waals surface area (Å²) in [7, 11) is 1.72. The van der Waals surface area contributed by atoms with E-state index in [-0.39, 0.29) is 11.6 Å². The molecule has 0 saturated heterocycles. The van der Waals surface area contributed by atoms with E-state index < -0.39 is 0 Å². The maximum Gasteiger partial charge on any atom is 0.0705 e. The average molecular weight is 259 g/mol. The first-order valence-electron chi connectivity index (χ1n) is 6.42. The number of nitrogens with two attached hydrogens (primary N) is 1. The third-order valence-electron chi connectivity index (χ3n) is 3.48. The van der Waals surface area contributed by atoms with Crippen LogP contribution in [0.4, 0.5) is 0 Å². The summed E-state index contributed by atoms with van der Waals surface area (Å²) in [6.07, 6.45) is 2.59. The van der Waals surface area contributed by atoms with Gasteiger partial charge in [-0.15, -0.1) is 0 Å². The number of hydrogen-bond acceptors (Lipinski definition) is 4. The van der Waals surface area contributed by atoms with Gasteiger partial charge in [-0.2, -0.15) is 0 Å². The Balaban J connectivity index is 2.30. The molecule has 4 heteroatoms. The first kappa shape index (κ1) is 13.9. The normalized spacial score (nSPS) is 13.7. The van der Waals surface area contributed by atoms with Crippen molar-refractivity contribution in [1.82, 2.24) is 10.4 Å². The number of nitrogens with zero attached hydrogens (tertiary/aromatic N) is 1. The van der Waals surface area contributed by atoms with E-state index in [1.165, 1.54) is 0 Å². The molecule has 0 aliphatic heterocycles. The van der Waals surface area contributed by atoms with Gasteiger partial charge in [-0.05, 0) is 38.0 Å². The molecule has 1 heterocycles. The molecule has 1 aromatic carbocycles. The third-order valence-corrected chi connectivity index (χ3v) is 3.48. The van der Waals surface area contributed by atoms with E-state index in [9.17, 15) is 0 Å². The van der Waals surface area contributed by atoms with Gasteiger partial charge in [-0.3, -0.25) is 16.3 Å². The van der Waals surface area contributed by atoms with Crippen LogP contribution < -0.4 is 11.3 Å². The number of aromatic nitrogens is 1. The van der Waals surface area contributed by atoms with Crippen LogP contribution in [-0.2, 0) is 4.74 Å². The van der Waals surface area contributed by atoms with Gasteiger partial charge in [0.25, 0.3) is 0 Å².